The molecule has 0 bridgehead atoms. The molecule has 0 saturated heterocycles. The van der Waals surface area contributed by atoms with E-state index in [4.69, 9.17) is 21.1 Å². The maximum atomic E-state index is 13.3. The molecule has 2 aromatic heterocycles. The SMILES string of the molecule is COc1ccc2nc(-c3ccc(Cl)c(NC(=O)[C@@H](C)Oc4cccc(F)c4)c3)cn2n1. The standard InChI is InChI=1S/C22H18ClFN4O3/c1-13(31-16-5-3-4-15(24)11-16)22(29)26-18-10-14(6-7-17(18)23)19-12-28-20(25-19)8-9-21(27-28)30-2/h3-13H,1-2H3,(H,26,29)/t13-/m1/s1. The molecule has 1 atom stereocenters. The van der Waals surface area contributed by atoms with E-state index in [0.29, 0.717) is 27.9 Å². The summed E-state index contributed by atoms with van der Waals surface area (Å²) in [4.78, 5) is 17.1. The molecule has 4 rings (SSSR count). The summed E-state index contributed by atoms with van der Waals surface area (Å²) in [7, 11) is 1.54. The molecule has 158 valence electrons. The molecule has 0 unspecified atom stereocenters. The van der Waals surface area contributed by atoms with Crippen molar-refractivity contribution >= 4 is 28.8 Å². The number of benzene rings is 2. The van der Waals surface area contributed by atoms with Crippen LogP contribution < -0.4 is 14.8 Å². The van der Waals surface area contributed by atoms with E-state index in [9.17, 15) is 9.18 Å². The van der Waals surface area contributed by atoms with Gasteiger partial charge in [0.25, 0.3) is 5.91 Å². The minimum atomic E-state index is -0.867. The van der Waals surface area contributed by atoms with Crippen molar-refractivity contribution < 1.29 is 18.7 Å². The summed E-state index contributed by atoms with van der Waals surface area (Å²) in [6.07, 6.45) is 0.885. The highest BCUT2D eigenvalue weighted by Crippen LogP contribution is 2.29. The molecule has 0 aliphatic carbocycles. The molecule has 9 heteroatoms. The fourth-order valence-electron chi connectivity index (χ4n) is 2.93. The third-order valence-electron chi connectivity index (χ3n) is 4.50. The number of halogens is 2. The Balaban J connectivity index is 1.54. The molecule has 31 heavy (non-hydrogen) atoms. The van der Waals surface area contributed by atoms with Gasteiger partial charge in [-0.15, -0.1) is 5.10 Å². The summed E-state index contributed by atoms with van der Waals surface area (Å²) < 4.78 is 25.6. The highest BCUT2D eigenvalue weighted by Gasteiger charge is 2.17. The lowest BCUT2D eigenvalue weighted by Crippen LogP contribution is -2.30. The largest absolute Gasteiger partial charge is 0.481 e. The number of nitrogens with zero attached hydrogens (tertiary/aromatic N) is 3. The van der Waals surface area contributed by atoms with E-state index in [-0.39, 0.29) is 5.75 Å². The molecule has 4 aromatic rings. The second-order valence-corrected chi connectivity index (χ2v) is 7.11. The third kappa shape index (κ3) is 4.59. The van der Waals surface area contributed by atoms with Crippen molar-refractivity contribution in [3.05, 3.63) is 71.6 Å². The quantitative estimate of drug-likeness (QED) is 0.474. The van der Waals surface area contributed by atoms with Gasteiger partial charge in [-0.05, 0) is 37.3 Å². The molecule has 2 aromatic carbocycles. The Morgan fingerprint density at radius 3 is 2.81 bits per heavy atom. The number of amides is 1. The van der Waals surface area contributed by atoms with Crippen LogP contribution in [0.25, 0.3) is 16.9 Å². The van der Waals surface area contributed by atoms with Gasteiger partial charge in [0.1, 0.15) is 11.6 Å². The topological polar surface area (TPSA) is 77.8 Å². The molecule has 0 spiro atoms. The van der Waals surface area contributed by atoms with Crippen LogP contribution in [-0.4, -0.2) is 33.7 Å². The Bertz CT molecular complexity index is 1260. The monoisotopic (exact) mass is 440 g/mol. The van der Waals surface area contributed by atoms with Gasteiger partial charge in [-0.3, -0.25) is 4.79 Å². The number of rotatable bonds is 6. The van der Waals surface area contributed by atoms with Crippen LogP contribution in [0, 0.1) is 5.82 Å². The molecular formula is C22H18ClFN4O3. The smallest absolute Gasteiger partial charge is 0.265 e. The molecular weight excluding hydrogens is 423 g/mol. The number of nitrogens with one attached hydrogen (secondary N) is 1. The van der Waals surface area contributed by atoms with Gasteiger partial charge in [0.2, 0.25) is 5.88 Å². The van der Waals surface area contributed by atoms with Gasteiger partial charge >= 0.3 is 0 Å². The Kier molecular flexibility index (Phi) is 5.73. The van der Waals surface area contributed by atoms with Crippen LogP contribution in [0.15, 0.2) is 60.8 Å². The summed E-state index contributed by atoms with van der Waals surface area (Å²) in [5.74, 6) is -0.145. The van der Waals surface area contributed by atoms with E-state index in [2.05, 4.69) is 15.4 Å². The number of hydrogen-bond donors (Lipinski definition) is 1. The first-order valence-corrected chi connectivity index (χ1v) is 9.74. The van der Waals surface area contributed by atoms with Crippen LogP contribution in [-0.2, 0) is 4.79 Å². The zero-order valence-electron chi connectivity index (χ0n) is 16.7. The van der Waals surface area contributed by atoms with Gasteiger partial charge < -0.3 is 14.8 Å². The zero-order chi connectivity index (χ0) is 22.0. The van der Waals surface area contributed by atoms with Gasteiger partial charge in [0.05, 0.1) is 29.7 Å². The Morgan fingerprint density at radius 1 is 1.19 bits per heavy atom. The minimum Gasteiger partial charge on any atom is -0.481 e. The summed E-state index contributed by atoms with van der Waals surface area (Å²) in [5.41, 5.74) is 2.44. The summed E-state index contributed by atoms with van der Waals surface area (Å²) in [5, 5.41) is 7.40. The molecule has 0 fully saturated rings. The molecule has 2 heterocycles. The number of aromatic nitrogens is 3. The van der Waals surface area contributed by atoms with Crippen LogP contribution >= 0.6 is 11.6 Å². The van der Waals surface area contributed by atoms with Crippen LogP contribution in [0.3, 0.4) is 0 Å². The molecule has 1 amide bonds. The number of hydrogen-bond acceptors (Lipinski definition) is 5. The molecule has 0 saturated carbocycles. The number of methoxy groups -OCH3 is 1. The maximum Gasteiger partial charge on any atom is 0.265 e. The van der Waals surface area contributed by atoms with Crippen molar-refractivity contribution in [2.24, 2.45) is 0 Å². The van der Waals surface area contributed by atoms with Crippen molar-refractivity contribution in [3.63, 3.8) is 0 Å². The van der Waals surface area contributed by atoms with Crippen molar-refractivity contribution in [1.82, 2.24) is 14.6 Å². The fraction of sp³-hybridized carbons (Fsp3) is 0.136. The highest BCUT2D eigenvalue weighted by molar-refractivity contribution is 6.33. The number of anilines is 1. The predicted molar refractivity (Wildman–Crippen MR) is 115 cm³/mol. The van der Waals surface area contributed by atoms with E-state index in [1.807, 2.05) is 0 Å². The lowest BCUT2D eigenvalue weighted by atomic mass is 10.1. The lowest BCUT2D eigenvalue weighted by molar-refractivity contribution is -0.122. The Hall–Kier alpha value is -3.65. The van der Waals surface area contributed by atoms with Crippen LogP contribution in [0.5, 0.6) is 11.6 Å². The van der Waals surface area contributed by atoms with E-state index in [1.54, 1.807) is 61.1 Å². The normalized spacial score (nSPS) is 11.9. The molecule has 7 nitrogen and oxygen atoms in total. The van der Waals surface area contributed by atoms with Crippen molar-refractivity contribution in [2.45, 2.75) is 13.0 Å². The van der Waals surface area contributed by atoms with Gasteiger partial charge in [-0.1, -0.05) is 23.7 Å². The molecule has 0 radical (unpaired) electrons. The average molecular weight is 441 g/mol. The van der Waals surface area contributed by atoms with Crippen molar-refractivity contribution in [2.75, 3.05) is 12.4 Å². The molecule has 0 aliphatic heterocycles. The molecule has 0 aliphatic rings. The second-order valence-electron chi connectivity index (χ2n) is 6.71. The van der Waals surface area contributed by atoms with Gasteiger partial charge in [-0.2, -0.15) is 0 Å². The van der Waals surface area contributed by atoms with Crippen LogP contribution in [0.4, 0.5) is 10.1 Å². The number of imidazole rings is 1. The second kappa shape index (κ2) is 8.61. The van der Waals surface area contributed by atoms with E-state index in [0.717, 1.165) is 5.56 Å². The number of carbonyl (C=O) groups is 1. The number of fused-ring (bicyclic) bond motifs is 1. The lowest BCUT2D eigenvalue weighted by Gasteiger charge is -2.16. The van der Waals surface area contributed by atoms with Crippen molar-refractivity contribution in [1.29, 1.82) is 0 Å². The predicted octanol–water partition coefficient (Wildman–Crippen LogP) is 4.60. The third-order valence-corrected chi connectivity index (χ3v) is 4.83. The Labute approximate surface area is 182 Å². The summed E-state index contributed by atoms with van der Waals surface area (Å²) >= 11 is 6.27. The first kappa shape index (κ1) is 20.6. The number of ether oxygens (including phenoxy) is 2. The molecule has 1 N–H and O–H groups in total. The van der Waals surface area contributed by atoms with Crippen molar-refractivity contribution in [3.8, 4) is 22.9 Å². The highest BCUT2D eigenvalue weighted by atomic mass is 35.5. The number of carbonyl (C=O) groups excluding carboxylic acids is 1. The van der Waals surface area contributed by atoms with Gasteiger partial charge in [0, 0.05) is 17.7 Å². The summed E-state index contributed by atoms with van der Waals surface area (Å²) in [6, 6.07) is 14.3. The van der Waals surface area contributed by atoms with Crippen LogP contribution in [0.2, 0.25) is 5.02 Å². The average Bonchev–Trinajstić information content (AvgIpc) is 3.18. The fourth-order valence-corrected chi connectivity index (χ4v) is 3.09. The van der Waals surface area contributed by atoms with E-state index < -0.39 is 17.8 Å². The Morgan fingerprint density at radius 2 is 2.03 bits per heavy atom. The van der Waals surface area contributed by atoms with Crippen LogP contribution in [0.1, 0.15) is 6.92 Å². The van der Waals surface area contributed by atoms with Gasteiger partial charge in [-0.25, -0.2) is 13.9 Å². The van der Waals surface area contributed by atoms with E-state index in [1.165, 1.54) is 18.2 Å². The first-order chi connectivity index (χ1) is 14.9. The van der Waals surface area contributed by atoms with E-state index >= 15 is 0 Å². The first-order valence-electron chi connectivity index (χ1n) is 9.36. The summed E-state index contributed by atoms with van der Waals surface area (Å²) in [6.45, 7) is 1.57. The van der Waals surface area contributed by atoms with Gasteiger partial charge in [0.15, 0.2) is 11.8 Å². The minimum absolute atomic E-state index is 0.259. The zero-order valence-corrected chi connectivity index (χ0v) is 17.4. The maximum absolute atomic E-state index is 13.3.